The first kappa shape index (κ1) is 21.7. The van der Waals surface area contributed by atoms with Crippen molar-refractivity contribution in [2.24, 2.45) is 23.7 Å². The molecule has 0 aliphatic carbocycles. The van der Waals surface area contributed by atoms with Crippen molar-refractivity contribution < 1.29 is 4.39 Å². The van der Waals surface area contributed by atoms with E-state index in [0.29, 0.717) is 12.3 Å². The van der Waals surface area contributed by atoms with Gasteiger partial charge in [-0.1, -0.05) is 74.1 Å². The fourth-order valence-electron chi connectivity index (χ4n) is 3.81. The largest absolute Gasteiger partial charge is 0.212 e. The zero-order chi connectivity index (χ0) is 17.1. The van der Waals surface area contributed by atoms with Crippen molar-refractivity contribution >= 4 is 0 Å². The molecule has 0 aromatic carbocycles. The predicted octanol–water partition coefficient (Wildman–Crippen LogP) is 7.93. The number of rotatable bonds is 12. The van der Waals surface area contributed by atoms with Crippen LogP contribution in [0.3, 0.4) is 0 Å². The molecule has 132 valence electrons. The number of allylic oxidation sites excluding steroid dienone is 2. The van der Waals surface area contributed by atoms with Crippen LogP contribution in [0.5, 0.6) is 0 Å². The predicted molar refractivity (Wildman–Crippen MR) is 98.7 cm³/mol. The Balaban J connectivity index is 4.25. The summed E-state index contributed by atoms with van der Waals surface area (Å²) >= 11 is 0. The topological polar surface area (TPSA) is 0 Å². The maximum absolute atomic E-state index is 14.2. The maximum atomic E-state index is 14.2. The van der Waals surface area contributed by atoms with Gasteiger partial charge in [-0.3, -0.25) is 0 Å². The molecule has 0 nitrogen and oxygen atoms in total. The molecule has 0 unspecified atom stereocenters. The molecule has 0 fully saturated rings. The van der Waals surface area contributed by atoms with Crippen LogP contribution < -0.4 is 0 Å². The lowest BCUT2D eigenvalue weighted by Gasteiger charge is -2.25. The first-order chi connectivity index (χ1) is 10.4. The van der Waals surface area contributed by atoms with Gasteiger partial charge in [-0.15, -0.1) is 0 Å². The average molecular weight is 313 g/mol. The van der Waals surface area contributed by atoms with Gasteiger partial charge in [-0.05, 0) is 54.9 Å². The van der Waals surface area contributed by atoms with Crippen LogP contribution in [0.25, 0.3) is 0 Å². The molecule has 0 saturated heterocycles. The van der Waals surface area contributed by atoms with Gasteiger partial charge in [0.25, 0.3) is 0 Å². The summed E-state index contributed by atoms with van der Waals surface area (Å²) in [4.78, 5) is 0. The van der Waals surface area contributed by atoms with Gasteiger partial charge >= 0.3 is 0 Å². The molecule has 0 rings (SSSR count). The smallest absolute Gasteiger partial charge is 0.0994 e. The van der Waals surface area contributed by atoms with Crippen LogP contribution in [0.2, 0.25) is 0 Å². The van der Waals surface area contributed by atoms with Crippen molar-refractivity contribution in [2.75, 3.05) is 0 Å². The van der Waals surface area contributed by atoms with E-state index in [0.717, 1.165) is 42.6 Å². The molecule has 0 amide bonds. The Hall–Kier alpha value is -0.330. The van der Waals surface area contributed by atoms with E-state index in [9.17, 15) is 4.39 Å². The highest BCUT2D eigenvalue weighted by Gasteiger charge is 2.18. The van der Waals surface area contributed by atoms with Crippen molar-refractivity contribution in [1.82, 2.24) is 0 Å². The molecule has 0 bridgehead atoms. The molecule has 0 spiro atoms. The molecule has 0 radical (unpaired) electrons. The van der Waals surface area contributed by atoms with Gasteiger partial charge in [0, 0.05) is 0 Å². The summed E-state index contributed by atoms with van der Waals surface area (Å²) in [7, 11) is 0. The zero-order valence-corrected chi connectivity index (χ0v) is 16.3. The van der Waals surface area contributed by atoms with Gasteiger partial charge in [0.1, 0.15) is 0 Å². The summed E-state index contributed by atoms with van der Waals surface area (Å²) in [6.07, 6.45) is 8.90. The minimum Gasteiger partial charge on any atom is -0.212 e. The van der Waals surface area contributed by atoms with Gasteiger partial charge < -0.3 is 0 Å². The standard InChI is InChI=1S/C21H41F/c1-8-12-18(7)19(9-2)15-17(6)13-11-14-21(22)20(10-3)16(4)5/h16-19H,8-15H2,1-7H3/b21-20+/t17-,18+,19-/m1/s1. The van der Waals surface area contributed by atoms with E-state index >= 15 is 0 Å². The lowest BCUT2D eigenvalue weighted by molar-refractivity contribution is 0.259. The van der Waals surface area contributed by atoms with E-state index in [1.54, 1.807) is 0 Å². The lowest BCUT2D eigenvalue weighted by Crippen LogP contribution is -2.14. The molecule has 0 N–H and O–H groups in total. The summed E-state index contributed by atoms with van der Waals surface area (Å²) in [6, 6.07) is 0. The quantitative estimate of drug-likeness (QED) is 0.343. The highest BCUT2D eigenvalue weighted by atomic mass is 19.1. The molecule has 0 aliphatic rings. The lowest BCUT2D eigenvalue weighted by atomic mass is 9.80. The first-order valence-electron chi connectivity index (χ1n) is 9.74. The highest BCUT2D eigenvalue weighted by molar-refractivity contribution is 5.09. The molecule has 3 atom stereocenters. The molecule has 0 saturated carbocycles. The van der Waals surface area contributed by atoms with E-state index in [2.05, 4.69) is 48.5 Å². The first-order valence-corrected chi connectivity index (χ1v) is 9.74. The normalized spacial score (nSPS) is 17.3. The van der Waals surface area contributed by atoms with E-state index in [1.165, 1.54) is 25.7 Å². The summed E-state index contributed by atoms with van der Waals surface area (Å²) in [5.74, 6) is 2.91. The third kappa shape index (κ3) is 8.34. The van der Waals surface area contributed by atoms with Crippen molar-refractivity contribution in [3.8, 4) is 0 Å². The van der Waals surface area contributed by atoms with Gasteiger partial charge in [0.2, 0.25) is 0 Å². The van der Waals surface area contributed by atoms with Gasteiger partial charge in [-0.2, -0.15) is 0 Å². The summed E-state index contributed by atoms with van der Waals surface area (Å²) in [5.41, 5.74) is 1.02. The molecule has 1 heteroatoms. The van der Waals surface area contributed by atoms with Crippen molar-refractivity contribution in [2.45, 2.75) is 99.8 Å². The van der Waals surface area contributed by atoms with Crippen LogP contribution in [0.15, 0.2) is 11.4 Å². The summed E-state index contributed by atoms with van der Waals surface area (Å²) in [6.45, 7) is 15.6. The zero-order valence-electron chi connectivity index (χ0n) is 16.3. The fraction of sp³-hybridized carbons (Fsp3) is 0.905. The molecule has 22 heavy (non-hydrogen) atoms. The Morgan fingerprint density at radius 3 is 2.05 bits per heavy atom. The Labute approximate surface area is 140 Å². The van der Waals surface area contributed by atoms with E-state index in [4.69, 9.17) is 0 Å². The van der Waals surface area contributed by atoms with Crippen molar-refractivity contribution in [3.63, 3.8) is 0 Å². The second kappa shape index (κ2) is 12.1. The molecule has 0 aliphatic heterocycles. The highest BCUT2D eigenvalue weighted by Crippen LogP contribution is 2.30. The molecule has 0 aromatic heterocycles. The number of halogens is 1. The minimum absolute atomic E-state index is 0.163. The van der Waals surface area contributed by atoms with Crippen molar-refractivity contribution in [3.05, 3.63) is 11.4 Å². The van der Waals surface area contributed by atoms with E-state index in [1.807, 2.05) is 0 Å². The Morgan fingerprint density at radius 2 is 1.59 bits per heavy atom. The summed E-state index contributed by atoms with van der Waals surface area (Å²) in [5, 5.41) is 0. The summed E-state index contributed by atoms with van der Waals surface area (Å²) < 4.78 is 14.2. The molecular weight excluding hydrogens is 271 g/mol. The minimum atomic E-state index is 0.163. The van der Waals surface area contributed by atoms with E-state index < -0.39 is 0 Å². The van der Waals surface area contributed by atoms with Crippen LogP contribution in [0.4, 0.5) is 4.39 Å². The van der Waals surface area contributed by atoms with Crippen LogP contribution in [-0.4, -0.2) is 0 Å². The maximum Gasteiger partial charge on any atom is 0.0994 e. The monoisotopic (exact) mass is 312 g/mol. The Kier molecular flexibility index (Phi) is 12.0. The van der Waals surface area contributed by atoms with Crippen LogP contribution >= 0.6 is 0 Å². The second-order valence-corrected chi connectivity index (χ2v) is 7.61. The molecule has 0 aromatic rings. The Bertz CT molecular complexity index is 303. The fourth-order valence-corrected chi connectivity index (χ4v) is 3.81. The average Bonchev–Trinajstić information content (AvgIpc) is 2.45. The second-order valence-electron chi connectivity index (χ2n) is 7.61. The van der Waals surface area contributed by atoms with Gasteiger partial charge in [0.05, 0.1) is 5.83 Å². The Morgan fingerprint density at radius 1 is 0.955 bits per heavy atom. The third-order valence-electron chi connectivity index (χ3n) is 5.30. The van der Waals surface area contributed by atoms with Crippen LogP contribution in [0.1, 0.15) is 99.8 Å². The van der Waals surface area contributed by atoms with Crippen LogP contribution in [-0.2, 0) is 0 Å². The number of hydrogen-bond donors (Lipinski definition) is 0. The third-order valence-corrected chi connectivity index (χ3v) is 5.30. The molecule has 0 heterocycles. The van der Waals surface area contributed by atoms with Gasteiger partial charge in [-0.25, -0.2) is 4.39 Å². The van der Waals surface area contributed by atoms with Crippen LogP contribution in [0, 0.1) is 23.7 Å². The van der Waals surface area contributed by atoms with Crippen molar-refractivity contribution in [1.29, 1.82) is 0 Å². The SMILES string of the molecule is CCC[C@H](C)[C@H](CC)C[C@H](C)CCC/C(F)=C(/CC)C(C)C. The number of hydrogen-bond acceptors (Lipinski definition) is 0. The molecular formula is C21H41F. The van der Waals surface area contributed by atoms with E-state index in [-0.39, 0.29) is 5.83 Å². The van der Waals surface area contributed by atoms with Gasteiger partial charge in [0.15, 0.2) is 0 Å².